The zero-order valence-corrected chi connectivity index (χ0v) is 38.2. The van der Waals surface area contributed by atoms with Gasteiger partial charge in [-0.3, -0.25) is 0 Å². The Bertz CT molecular complexity index is 1910. The average Bonchev–Trinajstić information content (AvgIpc) is 3.65. The molecule has 2 aliphatic rings. The second-order valence-corrected chi connectivity index (χ2v) is 25.5. The van der Waals surface area contributed by atoms with Crippen molar-refractivity contribution >= 4 is 3.21 Å². The molecule has 2 aliphatic carbocycles. The molecule has 52 heavy (non-hydrogen) atoms. The predicted octanol–water partition coefficient (Wildman–Crippen LogP) is 7.30. The summed E-state index contributed by atoms with van der Waals surface area (Å²) in [6.45, 7) is 33.3. The second-order valence-electron chi connectivity index (χ2n) is 19.2. The summed E-state index contributed by atoms with van der Waals surface area (Å²) in [5, 5.41) is 0. The van der Waals surface area contributed by atoms with Crippen molar-refractivity contribution < 1.29 is 46.1 Å². The van der Waals surface area contributed by atoms with Crippen LogP contribution in [0.2, 0.25) is 0 Å². The van der Waals surface area contributed by atoms with Crippen molar-refractivity contribution in [1.82, 2.24) is 0 Å². The van der Waals surface area contributed by atoms with Gasteiger partial charge in [-0.15, -0.1) is 0 Å². The van der Waals surface area contributed by atoms with Crippen LogP contribution in [0, 0.1) is 13.8 Å². The van der Waals surface area contributed by atoms with Crippen molar-refractivity contribution in [1.29, 1.82) is 0 Å². The number of hydrogen-bond acceptors (Lipinski definition) is 0. The molecule has 0 fully saturated rings. The molecule has 0 atom stereocenters. The van der Waals surface area contributed by atoms with Gasteiger partial charge in [0.25, 0.3) is 0 Å². The average molecular weight is 811 g/mol. The zero-order valence-electron chi connectivity index (χ0n) is 34.2. The van der Waals surface area contributed by atoms with E-state index >= 15 is 0 Å². The van der Waals surface area contributed by atoms with E-state index in [0.717, 1.165) is 6.42 Å². The van der Waals surface area contributed by atoms with Crippen LogP contribution >= 0.6 is 0 Å². The van der Waals surface area contributed by atoms with Crippen molar-refractivity contribution in [2.75, 3.05) is 0 Å². The van der Waals surface area contributed by atoms with E-state index in [1.54, 1.807) is 17.6 Å². The third-order valence-electron chi connectivity index (χ3n) is 10.9. The zero-order chi connectivity index (χ0) is 36.6. The van der Waals surface area contributed by atoms with Gasteiger partial charge in [-0.25, -0.2) is 0 Å². The minimum Gasteiger partial charge on any atom is -1.00 e. The van der Waals surface area contributed by atoms with Gasteiger partial charge >= 0.3 is 314 Å². The van der Waals surface area contributed by atoms with Gasteiger partial charge in [0.2, 0.25) is 0 Å². The number of fused-ring (bicyclic) bond motifs is 3. The van der Waals surface area contributed by atoms with Crippen LogP contribution in [0.25, 0.3) is 11.1 Å². The largest absolute Gasteiger partial charge is 1.00 e. The molecule has 4 aromatic carbocycles. The molecular formula is C49H60Cl2Zr. The van der Waals surface area contributed by atoms with Gasteiger partial charge in [-0.05, 0) is 0 Å². The third-order valence-corrected chi connectivity index (χ3v) is 19.2. The molecule has 6 rings (SSSR count). The van der Waals surface area contributed by atoms with Gasteiger partial charge in [-0.2, -0.15) is 0 Å². The summed E-state index contributed by atoms with van der Waals surface area (Å²) in [4.78, 5) is 0. The molecule has 0 radical (unpaired) electrons. The summed E-state index contributed by atoms with van der Waals surface area (Å²) >= 11 is -2.85. The van der Waals surface area contributed by atoms with E-state index in [1.807, 2.05) is 0 Å². The molecule has 274 valence electrons. The van der Waals surface area contributed by atoms with Crippen molar-refractivity contribution in [2.45, 2.75) is 129 Å². The van der Waals surface area contributed by atoms with Crippen molar-refractivity contribution in [3.63, 3.8) is 0 Å². The minimum absolute atomic E-state index is 0. The topological polar surface area (TPSA) is 0 Å². The van der Waals surface area contributed by atoms with Crippen molar-refractivity contribution in [2.24, 2.45) is 0 Å². The Morgan fingerprint density at radius 2 is 0.865 bits per heavy atom. The number of aryl methyl sites for hydroxylation is 2. The van der Waals surface area contributed by atoms with Gasteiger partial charge in [0.15, 0.2) is 0 Å². The van der Waals surface area contributed by atoms with E-state index in [0.29, 0.717) is 3.63 Å². The number of hydrogen-bond donors (Lipinski definition) is 0. The predicted molar refractivity (Wildman–Crippen MR) is 216 cm³/mol. The van der Waals surface area contributed by atoms with Gasteiger partial charge in [0.1, 0.15) is 0 Å². The molecule has 0 unspecified atom stereocenters. The molecule has 4 aromatic rings. The van der Waals surface area contributed by atoms with E-state index in [9.17, 15) is 0 Å². The van der Waals surface area contributed by atoms with Gasteiger partial charge in [0.05, 0.1) is 0 Å². The fraction of sp³-hybridized carbons (Fsp3) is 0.408. The van der Waals surface area contributed by atoms with E-state index in [1.165, 1.54) is 55.6 Å². The molecule has 0 heterocycles. The van der Waals surface area contributed by atoms with Crippen LogP contribution in [0.1, 0.15) is 149 Å². The summed E-state index contributed by atoms with van der Waals surface area (Å²) in [6.07, 6.45) is 8.31. The number of allylic oxidation sites excluding steroid dienone is 4. The molecule has 0 saturated carbocycles. The maximum absolute atomic E-state index is 2.85. The first-order chi connectivity index (χ1) is 23.2. The standard InChI is InChI=1S/C29H41.C15H14.C5H5.2ClH.Zr/c1-26(2,3)22-14-18-13-19-15-23(27(4,5)6)25(29(10,11)12)17-21(19)20(18)16-24(22)28(7,8)9;1-12-3-7-14(8-4-12)11-15-9-5-13(2)6-10-15;1-2-4-5-3-1;;;/h13-17H,1-12H3;3-10H,1-2H3;1-3H,4H2;2*1H;/q;;;;;+2/p-2. The van der Waals surface area contributed by atoms with Crippen LogP contribution in [0.5, 0.6) is 0 Å². The van der Waals surface area contributed by atoms with E-state index < -0.39 is 21.3 Å². The first-order valence-corrected chi connectivity index (χ1v) is 22.7. The quantitative estimate of drug-likeness (QED) is 0.203. The molecule has 0 saturated heterocycles. The SMILES string of the molecule is Cc1ccc([C](c2ccc(C)cc2)=[Zr+2]([C]2=CC=CC2)[CH]2c3cc(C(C)(C)C)c(C(C)(C)C)cc3-c3cc(C(C)(C)C)c(C(C)(C)C)cc32)cc1.[Cl-].[Cl-]. The molecule has 0 aromatic heterocycles. The summed E-state index contributed by atoms with van der Waals surface area (Å²) in [7, 11) is 0. The Hall–Kier alpha value is -2.31. The number of benzene rings is 4. The van der Waals surface area contributed by atoms with Gasteiger partial charge in [-0.1, -0.05) is 0 Å². The monoisotopic (exact) mass is 808 g/mol. The maximum Gasteiger partial charge on any atom is -1.00 e. The van der Waals surface area contributed by atoms with Crippen LogP contribution in [0.3, 0.4) is 0 Å². The molecule has 3 heteroatoms. The van der Waals surface area contributed by atoms with Crippen LogP contribution < -0.4 is 24.8 Å². The van der Waals surface area contributed by atoms with Crippen LogP contribution in [0.15, 0.2) is 94.3 Å². The molecule has 0 spiro atoms. The van der Waals surface area contributed by atoms with E-state index in [-0.39, 0.29) is 46.5 Å². The van der Waals surface area contributed by atoms with Gasteiger partial charge in [0, 0.05) is 0 Å². The summed E-state index contributed by atoms with van der Waals surface area (Å²) in [6, 6.07) is 29.6. The molecule has 0 bridgehead atoms. The normalized spacial score (nSPS) is 14.1. The number of halogens is 2. The van der Waals surface area contributed by atoms with Crippen LogP contribution in [-0.2, 0) is 42.9 Å². The van der Waals surface area contributed by atoms with E-state index in [4.69, 9.17) is 0 Å². The Morgan fingerprint density at radius 3 is 1.17 bits per heavy atom. The maximum atomic E-state index is 2.69. The Morgan fingerprint density at radius 1 is 0.519 bits per heavy atom. The molecule has 0 aliphatic heterocycles. The van der Waals surface area contributed by atoms with E-state index in [2.05, 4.69) is 188 Å². The minimum atomic E-state index is -2.85. The van der Waals surface area contributed by atoms with Crippen LogP contribution in [0.4, 0.5) is 0 Å². The summed E-state index contributed by atoms with van der Waals surface area (Å²) < 4.78 is 3.69. The van der Waals surface area contributed by atoms with Crippen molar-refractivity contribution in [3.05, 3.63) is 150 Å². The molecule has 0 N–H and O–H groups in total. The third kappa shape index (κ3) is 8.19. The van der Waals surface area contributed by atoms with Gasteiger partial charge < -0.3 is 24.8 Å². The molecular weight excluding hydrogens is 751 g/mol. The Labute approximate surface area is 336 Å². The first kappa shape index (κ1) is 42.4. The Balaban J connectivity index is 0.00000302. The number of rotatable bonds is 4. The fourth-order valence-corrected chi connectivity index (χ4v) is 17.2. The summed E-state index contributed by atoms with van der Waals surface area (Å²) in [5.41, 5.74) is 17.6. The smallest absolute Gasteiger partial charge is 1.00 e. The molecule has 0 amide bonds. The fourth-order valence-electron chi connectivity index (χ4n) is 8.19. The first-order valence-electron chi connectivity index (χ1n) is 18.8. The second kappa shape index (κ2) is 15.1. The van der Waals surface area contributed by atoms with Crippen LogP contribution in [-0.4, -0.2) is 3.21 Å². The summed E-state index contributed by atoms with van der Waals surface area (Å²) in [5.74, 6) is 0. The molecule has 0 nitrogen and oxygen atoms in total. The Kier molecular flexibility index (Phi) is 12.3. The van der Waals surface area contributed by atoms with Crippen molar-refractivity contribution in [3.8, 4) is 11.1 Å².